The second-order valence-corrected chi connectivity index (χ2v) is 9.51. The quantitative estimate of drug-likeness (QED) is 0.621. The fourth-order valence-electron chi connectivity index (χ4n) is 2.51. The maximum Gasteiger partial charge on any atom is 0.407 e. The first-order valence-corrected chi connectivity index (χ1v) is 11.2. The summed E-state index contributed by atoms with van der Waals surface area (Å²) in [5.41, 5.74) is 1.77. The van der Waals surface area contributed by atoms with Crippen molar-refractivity contribution < 1.29 is 22.7 Å². The van der Waals surface area contributed by atoms with Gasteiger partial charge < -0.3 is 15.4 Å². The Bertz CT molecular complexity index is 996. The highest BCUT2D eigenvalue weighted by atomic mass is 32.2. The smallest absolute Gasteiger partial charge is 0.407 e. The number of sulfonamides is 1. The molecule has 0 saturated carbocycles. The number of para-hydroxylation sites is 1. The van der Waals surface area contributed by atoms with Gasteiger partial charge in [0.2, 0.25) is 10.0 Å². The molecule has 0 radical (unpaired) electrons. The van der Waals surface area contributed by atoms with Gasteiger partial charge in [-0.15, -0.1) is 0 Å². The maximum atomic E-state index is 12.4. The number of hydrogen-bond acceptors (Lipinski definition) is 5. The minimum atomic E-state index is -3.42. The molecule has 162 valence electrons. The van der Waals surface area contributed by atoms with Gasteiger partial charge in [0.1, 0.15) is 5.60 Å². The standard InChI is InChI=1S/C21H27N3O5S/c1-21(2,3)29-20(26)23-13-15-9-11-16(12-10-15)19(25)22-14-17-7-5-6-8-18(17)24-30(4,27)28/h5-12,24H,13-14H2,1-4H3,(H,22,25)(H,23,26). The van der Waals surface area contributed by atoms with Crippen LogP contribution >= 0.6 is 0 Å². The highest BCUT2D eigenvalue weighted by molar-refractivity contribution is 7.92. The molecule has 9 heteroatoms. The van der Waals surface area contributed by atoms with E-state index in [-0.39, 0.29) is 19.0 Å². The van der Waals surface area contributed by atoms with Crippen molar-refractivity contribution in [2.24, 2.45) is 0 Å². The summed E-state index contributed by atoms with van der Waals surface area (Å²) in [6.07, 6.45) is 0.562. The number of hydrogen-bond donors (Lipinski definition) is 3. The van der Waals surface area contributed by atoms with Crippen LogP contribution < -0.4 is 15.4 Å². The molecule has 2 aromatic carbocycles. The minimum Gasteiger partial charge on any atom is -0.444 e. The molecule has 0 fully saturated rings. The third-order valence-electron chi connectivity index (χ3n) is 3.80. The molecule has 8 nitrogen and oxygen atoms in total. The summed E-state index contributed by atoms with van der Waals surface area (Å²) in [5.74, 6) is -0.296. The number of alkyl carbamates (subject to hydrolysis) is 1. The fourth-order valence-corrected chi connectivity index (χ4v) is 3.11. The van der Waals surface area contributed by atoms with E-state index < -0.39 is 21.7 Å². The van der Waals surface area contributed by atoms with Crippen LogP contribution in [0.1, 0.15) is 42.3 Å². The lowest BCUT2D eigenvalue weighted by molar-refractivity contribution is 0.0523. The number of benzene rings is 2. The van der Waals surface area contributed by atoms with Crippen molar-refractivity contribution in [2.45, 2.75) is 39.5 Å². The Kier molecular flexibility index (Phi) is 7.44. The van der Waals surface area contributed by atoms with E-state index >= 15 is 0 Å². The summed E-state index contributed by atoms with van der Waals surface area (Å²) in [7, 11) is -3.42. The first kappa shape index (κ1) is 23.2. The van der Waals surface area contributed by atoms with Crippen LogP contribution in [0.2, 0.25) is 0 Å². The Morgan fingerprint density at radius 2 is 1.57 bits per heavy atom. The van der Waals surface area contributed by atoms with Gasteiger partial charge in [-0.25, -0.2) is 13.2 Å². The Labute approximate surface area is 177 Å². The van der Waals surface area contributed by atoms with E-state index in [4.69, 9.17) is 4.74 Å². The number of rotatable bonds is 7. The molecule has 2 amide bonds. The van der Waals surface area contributed by atoms with E-state index in [1.54, 1.807) is 69.3 Å². The summed E-state index contributed by atoms with van der Waals surface area (Å²) < 4.78 is 30.6. The molecule has 0 bridgehead atoms. The van der Waals surface area contributed by atoms with Gasteiger partial charge in [-0.05, 0) is 50.1 Å². The van der Waals surface area contributed by atoms with Gasteiger partial charge in [0, 0.05) is 18.7 Å². The van der Waals surface area contributed by atoms with E-state index in [0.29, 0.717) is 16.8 Å². The predicted molar refractivity (Wildman–Crippen MR) is 116 cm³/mol. The highest BCUT2D eigenvalue weighted by Crippen LogP contribution is 2.16. The summed E-state index contributed by atoms with van der Waals surface area (Å²) in [6.45, 7) is 5.81. The van der Waals surface area contributed by atoms with Gasteiger partial charge in [0.05, 0.1) is 11.9 Å². The molecule has 2 aromatic rings. The normalized spacial score (nSPS) is 11.5. The Hall–Kier alpha value is -3.07. The average molecular weight is 434 g/mol. The molecule has 0 atom stereocenters. The first-order valence-electron chi connectivity index (χ1n) is 9.33. The molecule has 30 heavy (non-hydrogen) atoms. The summed E-state index contributed by atoms with van der Waals surface area (Å²) >= 11 is 0. The van der Waals surface area contributed by atoms with Gasteiger partial charge in [-0.1, -0.05) is 30.3 Å². The lowest BCUT2D eigenvalue weighted by Gasteiger charge is -2.19. The van der Waals surface area contributed by atoms with E-state index in [2.05, 4.69) is 15.4 Å². The van der Waals surface area contributed by atoms with Gasteiger partial charge in [0.25, 0.3) is 5.91 Å². The molecular formula is C21H27N3O5S. The third kappa shape index (κ3) is 8.12. The molecule has 0 aliphatic rings. The highest BCUT2D eigenvalue weighted by Gasteiger charge is 2.15. The SMILES string of the molecule is CC(C)(C)OC(=O)NCc1ccc(C(=O)NCc2ccccc2NS(C)(=O)=O)cc1. The number of nitrogens with one attached hydrogen (secondary N) is 3. The summed E-state index contributed by atoms with van der Waals surface area (Å²) in [6, 6.07) is 13.6. The van der Waals surface area contributed by atoms with Crippen molar-refractivity contribution >= 4 is 27.7 Å². The molecule has 0 heterocycles. The zero-order chi connectivity index (χ0) is 22.4. The Balaban J connectivity index is 1.92. The molecule has 3 N–H and O–H groups in total. The van der Waals surface area contributed by atoms with Crippen LogP contribution in [0, 0.1) is 0 Å². The van der Waals surface area contributed by atoms with Crippen LogP contribution in [0.4, 0.5) is 10.5 Å². The molecular weight excluding hydrogens is 406 g/mol. The van der Waals surface area contributed by atoms with Gasteiger partial charge in [-0.2, -0.15) is 0 Å². The van der Waals surface area contributed by atoms with Crippen molar-refractivity contribution in [3.63, 3.8) is 0 Å². The fraction of sp³-hybridized carbons (Fsp3) is 0.333. The van der Waals surface area contributed by atoms with Crippen LogP contribution in [-0.4, -0.2) is 32.3 Å². The summed E-state index contributed by atoms with van der Waals surface area (Å²) in [5, 5.41) is 5.43. The Morgan fingerprint density at radius 3 is 2.17 bits per heavy atom. The van der Waals surface area contributed by atoms with Crippen LogP contribution in [0.5, 0.6) is 0 Å². The number of carbonyl (C=O) groups is 2. The zero-order valence-corrected chi connectivity index (χ0v) is 18.3. The van der Waals surface area contributed by atoms with Gasteiger partial charge in [-0.3, -0.25) is 9.52 Å². The second-order valence-electron chi connectivity index (χ2n) is 7.77. The molecule has 0 spiro atoms. The predicted octanol–water partition coefficient (Wildman–Crippen LogP) is 3.01. The largest absolute Gasteiger partial charge is 0.444 e. The van der Waals surface area contributed by atoms with Crippen LogP contribution in [-0.2, 0) is 27.8 Å². The summed E-state index contributed by atoms with van der Waals surface area (Å²) in [4.78, 5) is 24.1. The number of ether oxygens (including phenoxy) is 1. The second kappa shape index (κ2) is 9.62. The first-order chi connectivity index (χ1) is 13.9. The minimum absolute atomic E-state index is 0.166. The molecule has 0 unspecified atom stereocenters. The number of amides is 2. The van der Waals surface area contributed by atoms with Crippen LogP contribution in [0.3, 0.4) is 0 Å². The number of carbonyl (C=O) groups excluding carboxylic acids is 2. The van der Waals surface area contributed by atoms with Crippen molar-refractivity contribution in [1.29, 1.82) is 0 Å². The van der Waals surface area contributed by atoms with Crippen molar-refractivity contribution in [3.05, 3.63) is 65.2 Å². The van der Waals surface area contributed by atoms with E-state index in [0.717, 1.165) is 11.8 Å². The van der Waals surface area contributed by atoms with E-state index in [1.165, 1.54) is 0 Å². The maximum absolute atomic E-state index is 12.4. The van der Waals surface area contributed by atoms with Crippen LogP contribution in [0.15, 0.2) is 48.5 Å². The Morgan fingerprint density at radius 1 is 0.933 bits per heavy atom. The molecule has 0 aliphatic heterocycles. The lowest BCUT2D eigenvalue weighted by Crippen LogP contribution is -2.32. The third-order valence-corrected chi connectivity index (χ3v) is 4.39. The topological polar surface area (TPSA) is 114 Å². The zero-order valence-electron chi connectivity index (χ0n) is 17.5. The molecule has 0 aromatic heterocycles. The molecule has 0 aliphatic carbocycles. The van der Waals surface area contributed by atoms with Crippen molar-refractivity contribution in [1.82, 2.24) is 10.6 Å². The van der Waals surface area contributed by atoms with Crippen molar-refractivity contribution in [3.8, 4) is 0 Å². The lowest BCUT2D eigenvalue weighted by atomic mass is 10.1. The van der Waals surface area contributed by atoms with Crippen LogP contribution in [0.25, 0.3) is 0 Å². The van der Waals surface area contributed by atoms with Gasteiger partial charge >= 0.3 is 6.09 Å². The monoisotopic (exact) mass is 433 g/mol. The molecule has 0 saturated heterocycles. The average Bonchev–Trinajstić information content (AvgIpc) is 2.63. The van der Waals surface area contributed by atoms with Crippen molar-refractivity contribution in [2.75, 3.05) is 11.0 Å². The number of anilines is 1. The van der Waals surface area contributed by atoms with Gasteiger partial charge in [0.15, 0.2) is 0 Å². The van der Waals surface area contributed by atoms with E-state index in [1.807, 2.05) is 0 Å². The molecule has 2 rings (SSSR count). The van der Waals surface area contributed by atoms with E-state index in [9.17, 15) is 18.0 Å².